The van der Waals surface area contributed by atoms with E-state index in [-0.39, 0.29) is 5.91 Å². The number of rotatable bonds is 6. The van der Waals surface area contributed by atoms with Crippen molar-refractivity contribution in [3.63, 3.8) is 0 Å². The first-order valence-corrected chi connectivity index (χ1v) is 12.5. The predicted octanol–water partition coefficient (Wildman–Crippen LogP) is 4.97. The highest BCUT2D eigenvalue weighted by molar-refractivity contribution is 6.24. The lowest BCUT2D eigenvalue weighted by molar-refractivity contribution is -0.126. The van der Waals surface area contributed by atoms with E-state index >= 15 is 0 Å². The second-order valence-electron chi connectivity index (χ2n) is 9.19. The molecule has 8 nitrogen and oxygen atoms in total. The summed E-state index contributed by atoms with van der Waals surface area (Å²) in [5, 5.41) is 1.63. The molecule has 0 aliphatic carbocycles. The van der Waals surface area contributed by atoms with Crippen molar-refractivity contribution < 1.29 is 28.7 Å². The van der Waals surface area contributed by atoms with Crippen molar-refractivity contribution in [1.29, 1.82) is 0 Å². The van der Waals surface area contributed by atoms with Crippen LogP contribution in [0.1, 0.15) is 22.0 Å². The van der Waals surface area contributed by atoms with E-state index in [0.29, 0.717) is 28.4 Å². The standard InChI is InChI=1S/C31H24N2O6/c1-37-24-18-14-22(15-19-24)32-29(34)26-27(33(39-28(26)30(32)35)23-10-6-3-7-11-23)20-12-16-25(17-13-20)38-31(36)21-8-4-2-5-9-21/h2-19,26-28H,1H3/t26-,27+,28+/m0/s1. The number of hydrogen-bond donors (Lipinski definition) is 0. The van der Waals surface area contributed by atoms with Gasteiger partial charge >= 0.3 is 5.97 Å². The molecule has 0 N–H and O–H groups in total. The fourth-order valence-corrected chi connectivity index (χ4v) is 5.01. The van der Waals surface area contributed by atoms with Crippen molar-refractivity contribution in [3.05, 3.63) is 120 Å². The number of hydrogen-bond acceptors (Lipinski definition) is 7. The zero-order chi connectivity index (χ0) is 26.9. The summed E-state index contributed by atoms with van der Waals surface area (Å²) in [6, 6.07) is 31.2. The van der Waals surface area contributed by atoms with E-state index in [4.69, 9.17) is 14.3 Å². The van der Waals surface area contributed by atoms with Gasteiger partial charge in [-0.1, -0.05) is 48.5 Å². The SMILES string of the molecule is COc1ccc(N2C(=O)[C@H]3[C@@H](c4ccc(OC(=O)c5ccccc5)cc4)N(c4ccccc4)O[C@H]3C2=O)cc1. The minimum Gasteiger partial charge on any atom is -0.497 e. The Morgan fingerprint density at radius 2 is 1.33 bits per heavy atom. The van der Waals surface area contributed by atoms with Gasteiger partial charge < -0.3 is 9.47 Å². The average Bonchev–Trinajstić information content (AvgIpc) is 3.50. The van der Waals surface area contributed by atoms with Gasteiger partial charge in [-0.2, -0.15) is 0 Å². The molecule has 2 amide bonds. The van der Waals surface area contributed by atoms with Crippen LogP contribution in [0.4, 0.5) is 11.4 Å². The molecule has 2 heterocycles. The fourth-order valence-electron chi connectivity index (χ4n) is 5.01. The number of fused-ring (bicyclic) bond motifs is 1. The number of hydroxylamine groups is 1. The van der Waals surface area contributed by atoms with Crippen LogP contribution in [-0.2, 0) is 14.4 Å². The number of para-hydroxylation sites is 1. The van der Waals surface area contributed by atoms with Crippen LogP contribution in [0.15, 0.2) is 109 Å². The number of benzene rings is 4. The largest absolute Gasteiger partial charge is 0.497 e. The number of imide groups is 1. The van der Waals surface area contributed by atoms with Gasteiger partial charge in [-0.15, -0.1) is 0 Å². The monoisotopic (exact) mass is 520 g/mol. The van der Waals surface area contributed by atoms with Crippen molar-refractivity contribution >= 4 is 29.2 Å². The molecule has 39 heavy (non-hydrogen) atoms. The highest BCUT2D eigenvalue weighted by Crippen LogP contribution is 2.47. The number of carbonyl (C=O) groups excluding carboxylic acids is 3. The van der Waals surface area contributed by atoms with Crippen molar-refractivity contribution in [1.82, 2.24) is 0 Å². The van der Waals surface area contributed by atoms with Crippen LogP contribution in [0.2, 0.25) is 0 Å². The minimum absolute atomic E-state index is 0.349. The first kappa shape index (κ1) is 24.4. The molecule has 0 bridgehead atoms. The predicted molar refractivity (Wildman–Crippen MR) is 143 cm³/mol. The number of carbonyl (C=O) groups is 3. The molecule has 2 fully saturated rings. The zero-order valence-corrected chi connectivity index (χ0v) is 21.0. The van der Waals surface area contributed by atoms with Gasteiger partial charge in [-0.05, 0) is 66.2 Å². The van der Waals surface area contributed by atoms with Gasteiger partial charge in [0.15, 0.2) is 6.10 Å². The number of nitrogens with zero attached hydrogens (tertiary/aromatic N) is 2. The third kappa shape index (κ3) is 4.41. The third-order valence-electron chi connectivity index (χ3n) is 6.90. The summed E-state index contributed by atoms with van der Waals surface area (Å²) in [6.07, 6.45) is -0.986. The molecule has 4 aromatic carbocycles. The van der Waals surface area contributed by atoms with Crippen LogP contribution in [-0.4, -0.2) is 31.0 Å². The van der Waals surface area contributed by atoms with Crippen LogP contribution < -0.4 is 19.4 Å². The molecule has 2 aliphatic heterocycles. The molecule has 0 spiro atoms. The summed E-state index contributed by atoms with van der Waals surface area (Å²) >= 11 is 0. The van der Waals surface area contributed by atoms with E-state index in [2.05, 4.69) is 0 Å². The van der Waals surface area contributed by atoms with Crippen LogP contribution in [0.5, 0.6) is 11.5 Å². The van der Waals surface area contributed by atoms with E-state index in [1.807, 2.05) is 36.4 Å². The maximum absolute atomic E-state index is 13.8. The highest BCUT2D eigenvalue weighted by atomic mass is 16.7. The molecule has 0 radical (unpaired) electrons. The molecular weight excluding hydrogens is 496 g/mol. The molecule has 6 rings (SSSR count). The van der Waals surface area contributed by atoms with Crippen LogP contribution in [0.25, 0.3) is 0 Å². The van der Waals surface area contributed by atoms with Crippen molar-refractivity contribution in [2.24, 2.45) is 5.92 Å². The van der Waals surface area contributed by atoms with Gasteiger partial charge in [0.1, 0.15) is 17.4 Å². The average molecular weight is 521 g/mol. The Balaban J connectivity index is 1.32. The van der Waals surface area contributed by atoms with Crippen molar-refractivity contribution in [2.75, 3.05) is 17.1 Å². The second kappa shape index (κ2) is 10.1. The Labute approximate surface area is 224 Å². The number of anilines is 2. The van der Waals surface area contributed by atoms with Crippen molar-refractivity contribution in [2.45, 2.75) is 12.1 Å². The molecule has 2 aliphatic rings. The first-order chi connectivity index (χ1) is 19.0. The number of esters is 1. The van der Waals surface area contributed by atoms with E-state index in [0.717, 1.165) is 5.56 Å². The van der Waals surface area contributed by atoms with Gasteiger partial charge in [0, 0.05) is 0 Å². The maximum Gasteiger partial charge on any atom is 0.343 e. The smallest absolute Gasteiger partial charge is 0.343 e. The Kier molecular flexibility index (Phi) is 6.30. The summed E-state index contributed by atoms with van der Waals surface area (Å²) in [5.41, 5.74) is 2.35. The first-order valence-electron chi connectivity index (χ1n) is 12.5. The molecule has 194 valence electrons. The normalized spacial score (nSPS) is 20.2. The van der Waals surface area contributed by atoms with Gasteiger partial charge in [0.05, 0.1) is 30.1 Å². The van der Waals surface area contributed by atoms with Gasteiger partial charge in [-0.25, -0.2) is 14.8 Å². The Morgan fingerprint density at radius 1 is 0.718 bits per heavy atom. The van der Waals surface area contributed by atoms with E-state index in [9.17, 15) is 14.4 Å². The lowest BCUT2D eigenvalue weighted by Crippen LogP contribution is -2.37. The minimum atomic E-state index is -0.986. The highest BCUT2D eigenvalue weighted by Gasteiger charge is 2.60. The van der Waals surface area contributed by atoms with E-state index in [1.165, 1.54) is 4.90 Å². The number of amides is 2. The molecule has 0 saturated carbocycles. The summed E-state index contributed by atoms with van der Waals surface area (Å²) in [4.78, 5) is 47.1. The molecule has 3 atom stereocenters. The Morgan fingerprint density at radius 3 is 1.97 bits per heavy atom. The van der Waals surface area contributed by atoms with E-state index in [1.54, 1.807) is 85.0 Å². The maximum atomic E-state index is 13.8. The summed E-state index contributed by atoms with van der Waals surface area (Å²) < 4.78 is 10.7. The molecule has 8 heteroatoms. The topological polar surface area (TPSA) is 85.4 Å². The summed E-state index contributed by atoms with van der Waals surface area (Å²) in [5.74, 6) is -1.04. The fraction of sp³-hybridized carbons (Fsp3) is 0.129. The second-order valence-corrected chi connectivity index (χ2v) is 9.19. The molecular formula is C31H24N2O6. The molecule has 4 aromatic rings. The van der Waals surface area contributed by atoms with E-state index < -0.39 is 29.9 Å². The lowest BCUT2D eigenvalue weighted by atomic mass is 9.90. The Bertz CT molecular complexity index is 1510. The zero-order valence-electron chi connectivity index (χ0n) is 21.0. The molecule has 0 unspecified atom stereocenters. The van der Waals surface area contributed by atoms with Gasteiger partial charge in [0.25, 0.3) is 5.91 Å². The number of methoxy groups -OCH3 is 1. The summed E-state index contributed by atoms with van der Waals surface area (Å²) in [7, 11) is 1.55. The van der Waals surface area contributed by atoms with Gasteiger partial charge in [-0.3, -0.25) is 14.4 Å². The molecule has 0 aromatic heterocycles. The quantitative estimate of drug-likeness (QED) is 0.202. The Hall–Kier alpha value is -4.95. The summed E-state index contributed by atoms with van der Waals surface area (Å²) in [6.45, 7) is 0. The van der Waals surface area contributed by atoms with Crippen molar-refractivity contribution in [3.8, 4) is 11.5 Å². The van der Waals surface area contributed by atoms with Crippen LogP contribution in [0, 0.1) is 5.92 Å². The van der Waals surface area contributed by atoms with Gasteiger partial charge in [0.2, 0.25) is 5.91 Å². The third-order valence-corrected chi connectivity index (χ3v) is 6.90. The molecule has 2 saturated heterocycles. The van der Waals surface area contributed by atoms with Crippen LogP contribution in [0.3, 0.4) is 0 Å². The lowest BCUT2D eigenvalue weighted by Gasteiger charge is -2.28. The van der Waals surface area contributed by atoms with Crippen LogP contribution >= 0.6 is 0 Å². The number of ether oxygens (including phenoxy) is 2.